The Labute approximate surface area is 125 Å². The number of hydrogen-bond acceptors (Lipinski definition) is 3. The Kier molecular flexibility index (Phi) is 8.59. The van der Waals surface area contributed by atoms with Crippen molar-refractivity contribution in [1.29, 1.82) is 0 Å². The van der Waals surface area contributed by atoms with Crippen molar-refractivity contribution < 1.29 is 9.59 Å². The van der Waals surface area contributed by atoms with Gasteiger partial charge in [0.1, 0.15) is 0 Å². The molecule has 0 fully saturated rings. The Bertz CT molecular complexity index is 433. The third-order valence-electron chi connectivity index (χ3n) is 2.80. The number of carbonyl (C=O) groups excluding carboxylic acids is 2. The van der Waals surface area contributed by atoms with Gasteiger partial charge in [-0.3, -0.25) is 9.59 Å². The highest BCUT2D eigenvalue weighted by Crippen LogP contribution is 2.03. The maximum atomic E-state index is 11.8. The maximum Gasteiger partial charge on any atom is 0.251 e. The molecule has 0 bridgehead atoms. The number of halogens is 1. The fourth-order valence-corrected chi connectivity index (χ4v) is 1.56. The van der Waals surface area contributed by atoms with Gasteiger partial charge in [0, 0.05) is 39.2 Å². The number of rotatable bonds is 6. The number of nitrogens with two attached hydrogens (primary N) is 1. The monoisotopic (exact) mass is 299 g/mol. The average molecular weight is 300 g/mol. The number of amides is 2. The Morgan fingerprint density at radius 3 is 2.30 bits per heavy atom. The van der Waals surface area contributed by atoms with Gasteiger partial charge in [-0.2, -0.15) is 0 Å². The minimum absolute atomic E-state index is 0. The quantitative estimate of drug-likeness (QED) is 0.774. The van der Waals surface area contributed by atoms with Crippen molar-refractivity contribution in [2.45, 2.75) is 19.4 Å². The van der Waals surface area contributed by atoms with Gasteiger partial charge in [0.2, 0.25) is 5.91 Å². The van der Waals surface area contributed by atoms with Gasteiger partial charge in [-0.25, -0.2) is 0 Å². The van der Waals surface area contributed by atoms with E-state index in [2.05, 4.69) is 5.32 Å². The third kappa shape index (κ3) is 6.04. The van der Waals surface area contributed by atoms with Gasteiger partial charge in [0.05, 0.1) is 0 Å². The SMILES string of the molecule is CN(C)C(=O)CCCNC(=O)c1ccc(CN)cc1.Cl. The lowest BCUT2D eigenvalue weighted by molar-refractivity contribution is -0.128. The van der Waals surface area contributed by atoms with E-state index in [1.54, 1.807) is 31.1 Å². The van der Waals surface area contributed by atoms with Gasteiger partial charge in [0.15, 0.2) is 0 Å². The van der Waals surface area contributed by atoms with Crippen LogP contribution in [0.15, 0.2) is 24.3 Å². The molecule has 20 heavy (non-hydrogen) atoms. The summed E-state index contributed by atoms with van der Waals surface area (Å²) in [6.07, 6.45) is 1.09. The van der Waals surface area contributed by atoms with E-state index in [-0.39, 0.29) is 24.2 Å². The molecule has 0 radical (unpaired) electrons. The minimum atomic E-state index is -0.124. The highest BCUT2D eigenvalue weighted by molar-refractivity contribution is 5.94. The largest absolute Gasteiger partial charge is 0.352 e. The highest BCUT2D eigenvalue weighted by Gasteiger charge is 2.06. The first-order valence-electron chi connectivity index (χ1n) is 6.32. The third-order valence-corrected chi connectivity index (χ3v) is 2.80. The van der Waals surface area contributed by atoms with Crippen LogP contribution < -0.4 is 11.1 Å². The molecule has 6 heteroatoms. The van der Waals surface area contributed by atoms with Crippen LogP contribution in [0.3, 0.4) is 0 Å². The molecule has 2 amide bonds. The van der Waals surface area contributed by atoms with Gasteiger partial charge >= 0.3 is 0 Å². The van der Waals surface area contributed by atoms with Gasteiger partial charge in [0.25, 0.3) is 5.91 Å². The second-order valence-corrected chi connectivity index (χ2v) is 4.55. The summed E-state index contributed by atoms with van der Waals surface area (Å²) in [6, 6.07) is 7.18. The van der Waals surface area contributed by atoms with E-state index in [9.17, 15) is 9.59 Å². The first-order chi connectivity index (χ1) is 9.04. The second-order valence-electron chi connectivity index (χ2n) is 4.55. The average Bonchev–Trinajstić information content (AvgIpc) is 2.43. The van der Waals surface area contributed by atoms with Crippen LogP contribution in [-0.2, 0) is 11.3 Å². The van der Waals surface area contributed by atoms with Gasteiger partial charge in [-0.1, -0.05) is 12.1 Å². The van der Waals surface area contributed by atoms with E-state index in [0.717, 1.165) is 5.56 Å². The van der Waals surface area contributed by atoms with E-state index in [4.69, 9.17) is 5.73 Å². The first kappa shape index (κ1) is 18.4. The molecule has 0 spiro atoms. The summed E-state index contributed by atoms with van der Waals surface area (Å²) in [5.74, 6) is -0.0533. The van der Waals surface area contributed by atoms with Gasteiger partial charge in [-0.15, -0.1) is 12.4 Å². The van der Waals surface area contributed by atoms with E-state index in [0.29, 0.717) is 31.5 Å². The van der Waals surface area contributed by atoms with E-state index >= 15 is 0 Å². The van der Waals surface area contributed by atoms with Crippen molar-refractivity contribution in [2.75, 3.05) is 20.6 Å². The molecule has 0 unspecified atom stereocenters. The van der Waals surface area contributed by atoms with Crippen LogP contribution in [0.1, 0.15) is 28.8 Å². The molecule has 0 aromatic heterocycles. The number of nitrogens with zero attached hydrogens (tertiary/aromatic N) is 1. The van der Waals surface area contributed by atoms with Crippen LogP contribution in [0, 0.1) is 0 Å². The second kappa shape index (κ2) is 9.34. The zero-order chi connectivity index (χ0) is 14.3. The molecule has 1 aromatic rings. The number of benzene rings is 1. The van der Waals surface area contributed by atoms with Crippen molar-refractivity contribution in [3.05, 3.63) is 35.4 Å². The molecule has 1 aromatic carbocycles. The van der Waals surface area contributed by atoms with E-state index in [1.165, 1.54) is 0 Å². The van der Waals surface area contributed by atoms with Crippen molar-refractivity contribution in [1.82, 2.24) is 10.2 Å². The molecular weight excluding hydrogens is 278 g/mol. The minimum Gasteiger partial charge on any atom is -0.352 e. The topological polar surface area (TPSA) is 75.4 Å². The lowest BCUT2D eigenvalue weighted by Crippen LogP contribution is -2.27. The zero-order valence-corrected chi connectivity index (χ0v) is 12.7. The molecule has 0 aliphatic rings. The first-order valence-corrected chi connectivity index (χ1v) is 6.32. The standard InChI is InChI=1S/C14H21N3O2.ClH/c1-17(2)13(18)4-3-9-16-14(19)12-7-5-11(10-15)6-8-12;/h5-8H,3-4,9-10,15H2,1-2H3,(H,16,19);1H. The Morgan fingerprint density at radius 1 is 1.20 bits per heavy atom. The number of hydrogen-bond donors (Lipinski definition) is 2. The molecule has 0 saturated carbocycles. The summed E-state index contributed by atoms with van der Waals surface area (Å²) < 4.78 is 0. The summed E-state index contributed by atoms with van der Waals surface area (Å²) in [4.78, 5) is 24.7. The molecule has 3 N–H and O–H groups in total. The predicted octanol–water partition coefficient (Wildman–Crippen LogP) is 1.17. The highest BCUT2D eigenvalue weighted by atomic mass is 35.5. The van der Waals surface area contributed by atoms with Crippen LogP contribution >= 0.6 is 12.4 Å². The van der Waals surface area contributed by atoms with Crippen molar-refractivity contribution >= 4 is 24.2 Å². The molecule has 0 aliphatic heterocycles. The molecule has 0 saturated heterocycles. The van der Waals surface area contributed by atoms with Crippen LogP contribution in [0.25, 0.3) is 0 Å². The fraction of sp³-hybridized carbons (Fsp3) is 0.429. The summed E-state index contributed by atoms with van der Waals surface area (Å²) in [5, 5.41) is 2.79. The summed E-state index contributed by atoms with van der Waals surface area (Å²) in [6.45, 7) is 0.964. The van der Waals surface area contributed by atoms with Crippen LogP contribution in [-0.4, -0.2) is 37.4 Å². The Hall–Kier alpha value is -1.59. The Balaban J connectivity index is 0.00000361. The predicted molar refractivity (Wildman–Crippen MR) is 81.8 cm³/mol. The van der Waals surface area contributed by atoms with Gasteiger partial charge < -0.3 is 16.0 Å². The Morgan fingerprint density at radius 2 is 1.80 bits per heavy atom. The lowest BCUT2D eigenvalue weighted by Gasteiger charge is -2.10. The lowest BCUT2D eigenvalue weighted by atomic mass is 10.1. The van der Waals surface area contributed by atoms with Crippen molar-refractivity contribution in [3.8, 4) is 0 Å². The molecule has 0 heterocycles. The zero-order valence-electron chi connectivity index (χ0n) is 11.9. The number of nitrogens with one attached hydrogen (secondary N) is 1. The maximum absolute atomic E-state index is 11.8. The van der Waals surface area contributed by atoms with Crippen LogP contribution in [0.2, 0.25) is 0 Å². The molecule has 1 rings (SSSR count). The number of carbonyl (C=O) groups is 2. The smallest absolute Gasteiger partial charge is 0.251 e. The summed E-state index contributed by atoms with van der Waals surface area (Å²) in [7, 11) is 3.44. The van der Waals surface area contributed by atoms with Crippen molar-refractivity contribution in [3.63, 3.8) is 0 Å². The molecule has 112 valence electrons. The van der Waals surface area contributed by atoms with Crippen LogP contribution in [0.5, 0.6) is 0 Å². The molecule has 0 atom stereocenters. The van der Waals surface area contributed by atoms with E-state index in [1.807, 2.05) is 12.1 Å². The molecule has 5 nitrogen and oxygen atoms in total. The molecule has 0 aliphatic carbocycles. The van der Waals surface area contributed by atoms with Gasteiger partial charge in [-0.05, 0) is 24.1 Å². The molecular formula is C14H22ClN3O2. The van der Waals surface area contributed by atoms with Crippen LogP contribution in [0.4, 0.5) is 0 Å². The van der Waals surface area contributed by atoms with Crippen molar-refractivity contribution in [2.24, 2.45) is 5.73 Å². The summed E-state index contributed by atoms with van der Waals surface area (Å²) >= 11 is 0. The normalized spacial score (nSPS) is 9.55. The fourth-order valence-electron chi connectivity index (χ4n) is 1.56. The van der Waals surface area contributed by atoms with E-state index < -0.39 is 0 Å². The summed E-state index contributed by atoms with van der Waals surface area (Å²) in [5.41, 5.74) is 7.09.